The zero-order chi connectivity index (χ0) is 20.0. The van der Waals surface area contributed by atoms with Crippen LogP contribution in [0.15, 0.2) is 78.0 Å². The maximum absolute atomic E-state index is 12.6. The highest BCUT2D eigenvalue weighted by Gasteiger charge is 2.15. The molecule has 3 rings (SSSR count). The molecule has 0 atom stereocenters. The second kappa shape index (κ2) is 8.86. The summed E-state index contributed by atoms with van der Waals surface area (Å²) in [7, 11) is -3.52. The summed E-state index contributed by atoms with van der Waals surface area (Å²) in [5.74, 6) is -0.147. The third-order valence-electron chi connectivity index (χ3n) is 3.89. The van der Waals surface area contributed by atoms with E-state index in [1.807, 2.05) is 6.07 Å². The number of urea groups is 1. The third kappa shape index (κ3) is 5.55. The number of aromatic nitrogens is 1. The number of amides is 2. The first kappa shape index (κ1) is 19.9. The lowest BCUT2D eigenvalue weighted by molar-refractivity contribution is 0.251. The van der Waals surface area contributed by atoms with E-state index in [1.54, 1.807) is 54.9 Å². The molecule has 0 aliphatic rings. The fourth-order valence-corrected chi connectivity index (χ4v) is 4.08. The number of pyridine rings is 1. The fourth-order valence-electron chi connectivity index (χ4n) is 2.54. The zero-order valence-electron chi connectivity index (χ0n) is 14.8. The molecule has 1 aromatic heterocycles. The van der Waals surface area contributed by atoms with E-state index in [9.17, 15) is 13.2 Å². The van der Waals surface area contributed by atoms with Crippen LogP contribution in [-0.2, 0) is 22.1 Å². The van der Waals surface area contributed by atoms with Gasteiger partial charge in [0.05, 0.1) is 10.6 Å². The lowest BCUT2D eigenvalue weighted by Gasteiger charge is -2.09. The van der Waals surface area contributed by atoms with Gasteiger partial charge in [-0.15, -0.1) is 0 Å². The fraction of sp³-hybridized carbons (Fsp3) is 0.100. The van der Waals surface area contributed by atoms with E-state index in [0.717, 1.165) is 5.56 Å². The van der Waals surface area contributed by atoms with Crippen LogP contribution in [-0.4, -0.2) is 19.4 Å². The van der Waals surface area contributed by atoms with E-state index in [0.29, 0.717) is 22.8 Å². The molecule has 144 valence electrons. The molecule has 0 fully saturated rings. The van der Waals surface area contributed by atoms with Crippen LogP contribution in [0.5, 0.6) is 0 Å². The van der Waals surface area contributed by atoms with Gasteiger partial charge in [0.15, 0.2) is 9.84 Å². The highest BCUT2D eigenvalue weighted by atomic mass is 35.5. The Morgan fingerprint density at radius 3 is 2.43 bits per heavy atom. The molecule has 0 radical (unpaired) electrons. The molecule has 0 aliphatic heterocycles. The molecule has 0 bridgehead atoms. The Kier molecular flexibility index (Phi) is 6.28. The maximum atomic E-state index is 12.6. The minimum Gasteiger partial charge on any atom is -0.334 e. The van der Waals surface area contributed by atoms with Crippen molar-refractivity contribution >= 4 is 33.2 Å². The molecule has 2 amide bonds. The molecular weight excluding hydrogens is 398 g/mol. The number of sulfone groups is 1. The predicted molar refractivity (Wildman–Crippen MR) is 109 cm³/mol. The van der Waals surface area contributed by atoms with E-state index in [-0.39, 0.29) is 10.6 Å². The number of hydrogen-bond acceptors (Lipinski definition) is 4. The molecule has 1 heterocycles. The van der Waals surface area contributed by atoms with Crippen molar-refractivity contribution in [3.8, 4) is 0 Å². The lowest BCUT2D eigenvalue weighted by atomic mass is 10.2. The van der Waals surface area contributed by atoms with Crippen LogP contribution in [0.1, 0.15) is 11.1 Å². The zero-order valence-corrected chi connectivity index (χ0v) is 16.4. The van der Waals surface area contributed by atoms with Gasteiger partial charge in [0, 0.05) is 29.6 Å². The molecule has 2 aromatic carbocycles. The van der Waals surface area contributed by atoms with Gasteiger partial charge < -0.3 is 10.6 Å². The van der Waals surface area contributed by atoms with Crippen molar-refractivity contribution in [3.63, 3.8) is 0 Å². The van der Waals surface area contributed by atoms with Crippen molar-refractivity contribution in [1.29, 1.82) is 0 Å². The van der Waals surface area contributed by atoms with Gasteiger partial charge in [0.2, 0.25) is 0 Å². The second-order valence-corrected chi connectivity index (χ2v) is 8.51. The van der Waals surface area contributed by atoms with Gasteiger partial charge in [0.25, 0.3) is 0 Å². The number of carbonyl (C=O) groups is 1. The van der Waals surface area contributed by atoms with E-state index < -0.39 is 15.9 Å². The Bertz CT molecular complexity index is 1060. The Hall–Kier alpha value is -2.90. The minimum atomic E-state index is -3.52. The summed E-state index contributed by atoms with van der Waals surface area (Å²) in [4.78, 5) is 16.1. The number of nitrogens with one attached hydrogen (secondary N) is 2. The van der Waals surface area contributed by atoms with E-state index in [4.69, 9.17) is 11.6 Å². The molecule has 0 spiro atoms. The normalized spacial score (nSPS) is 11.0. The molecule has 6 nitrogen and oxygen atoms in total. The largest absolute Gasteiger partial charge is 0.334 e. The molecule has 8 heteroatoms. The Morgan fingerprint density at radius 1 is 1.00 bits per heavy atom. The Balaban J connectivity index is 1.60. The van der Waals surface area contributed by atoms with Gasteiger partial charge >= 0.3 is 6.03 Å². The molecule has 0 aliphatic carbocycles. The average Bonchev–Trinajstić information content (AvgIpc) is 2.67. The van der Waals surface area contributed by atoms with Crippen LogP contribution in [0.4, 0.5) is 10.5 Å². The van der Waals surface area contributed by atoms with Crippen LogP contribution in [0.3, 0.4) is 0 Å². The van der Waals surface area contributed by atoms with Gasteiger partial charge in [-0.2, -0.15) is 0 Å². The maximum Gasteiger partial charge on any atom is 0.319 e. The van der Waals surface area contributed by atoms with Crippen molar-refractivity contribution in [1.82, 2.24) is 10.3 Å². The highest BCUT2D eigenvalue weighted by Crippen LogP contribution is 2.20. The summed E-state index contributed by atoms with van der Waals surface area (Å²) in [6, 6.07) is 16.0. The van der Waals surface area contributed by atoms with Crippen molar-refractivity contribution in [3.05, 3.63) is 89.2 Å². The summed E-state index contributed by atoms with van der Waals surface area (Å²) < 4.78 is 25.1. The van der Waals surface area contributed by atoms with Crippen LogP contribution in [0.2, 0.25) is 5.02 Å². The quantitative estimate of drug-likeness (QED) is 0.636. The molecule has 0 saturated carbocycles. The van der Waals surface area contributed by atoms with Crippen molar-refractivity contribution < 1.29 is 13.2 Å². The smallest absolute Gasteiger partial charge is 0.319 e. The lowest BCUT2D eigenvalue weighted by Crippen LogP contribution is -2.28. The van der Waals surface area contributed by atoms with Gasteiger partial charge in [-0.3, -0.25) is 4.98 Å². The molecule has 0 unspecified atom stereocenters. The first-order valence-corrected chi connectivity index (χ1v) is 10.5. The van der Waals surface area contributed by atoms with Crippen LogP contribution >= 0.6 is 11.6 Å². The monoisotopic (exact) mass is 415 g/mol. The van der Waals surface area contributed by atoms with Gasteiger partial charge in [0.1, 0.15) is 0 Å². The topological polar surface area (TPSA) is 88.2 Å². The number of rotatable bonds is 6. The van der Waals surface area contributed by atoms with Crippen LogP contribution in [0, 0.1) is 0 Å². The Labute approximate surface area is 168 Å². The molecule has 0 saturated heterocycles. The first-order valence-electron chi connectivity index (χ1n) is 8.43. The highest BCUT2D eigenvalue weighted by molar-refractivity contribution is 7.90. The SMILES string of the molecule is O=C(NCc1cccnc1)Nc1ccc(S(=O)(=O)Cc2cccc(Cl)c2)cc1. The summed E-state index contributed by atoms with van der Waals surface area (Å²) in [6.45, 7) is 0.339. The summed E-state index contributed by atoms with van der Waals surface area (Å²) in [6.07, 6.45) is 3.32. The predicted octanol–water partition coefficient (Wildman–Crippen LogP) is 4.03. The standard InChI is InChI=1S/C20H18ClN3O3S/c21-17-5-1-3-15(11-17)14-28(26,27)19-8-6-18(7-9-19)24-20(25)23-13-16-4-2-10-22-12-16/h1-12H,13-14H2,(H2,23,24,25). The van der Waals surface area contributed by atoms with Crippen LogP contribution in [0.25, 0.3) is 0 Å². The van der Waals surface area contributed by atoms with E-state index >= 15 is 0 Å². The second-order valence-electron chi connectivity index (χ2n) is 6.08. The number of benzene rings is 2. The summed E-state index contributed by atoms with van der Waals surface area (Å²) in [5, 5.41) is 5.87. The molecule has 2 N–H and O–H groups in total. The first-order chi connectivity index (χ1) is 13.4. The van der Waals surface area contributed by atoms with Gasteiger partial charge in [-0.1, -0.05) is 29.8 Å². The number of carbonyl (C=O) groups excluding carboxylic acids is 1. The molecule has 3 aromatic rings. The minimum absolute atomic E-state index is 0.147. The van der Waals surface area contributed by atoms with Crippen molar-refractivity contribution in [2.24, 2.45) is 0 Å². The summed E-state index contributed by atoms with van der Waals surface area (Å²) in [5.41, 5.74) is 1.98. The van der Waals surface area contributed by atoms with Gasteiger partial charge in [-0.05, 0) is 53.6 Å². The number of nitrogens with zero attached hydrogens (tertiary/aromatic N) is 1. The van der Waals surface area contributed by atoms with E-state index in [1.165, 1.54) is 12.1 Å². The average molecular weight is 416 g/mol. The molecular formula is C20H18ClN3O3S. The van der Waals surface area contributed by atoms with Crippen LogP contribution < -0.4 is 10.6 Å². The van der Waals surface area contributed by atoms with Crippen molar-refractivity contribution in [2.45, 2.75) is 17.2 Å². The number of halogens is 1. The van der Waals surface area contributed by atoms with E-state index in [2.05, 4.69) is 15.6 Å². The number of anilines is 1. The Morgan fingerprint density at radius 2 is 1.75 bits per heavy atom. The van der Waals surface area contributed by atoms with Gasteiger partial charge in [-0.25, -0.2) is 13.2 Å². The summed E-state index contributed by atoms with van der Waals surface area (Å²) >= 11 is 5.91. The van der Waals surface area contributed by atoms with Crippen molar-refractivity contribution in [2.75, 3.05) is 5.32 Å². The third-order valence-corrected chi connectivity index (χ3v) is 5.83. The molecule has 28 heavy (non-hydrogen) atoms. The number of hydrogen-bond donors (Lipinski definition) is 2.